The normalized spacial score (nSPS) is 9.86. The molecule has 0 fully saturated rings. The largest absolute Gasteiger partial charge is 0.466 e. The van der Waals surface area contributed by atoms with E-state index >= 15 is 0 Å². The zero-order valence-electron chi connectivity index (χ0n) is 8.29. The van der Waals surface area contributed by atoms with Gasteiger partial charge in [-0.15, -0.1) is 0 Å². The molecule has 0 aliphatic rings. The predicted molar refractivity (Wildman–Crippen MR) is 51.3 cm³/mol. The van der Waals surface area contributed by atoms with Crippen molar-refractivity contribution in [2.24, 2.45) is 0 Å². The Balaban J connectivity index is 2.72. The van der Waals surface area contributed by atoms with Crippen molar-refractivity contribution in [1.82, 2.24) is 4.98 Å². The van der Waals surface area contributed by atoms with Gasteiger partial charge in [0.05, 0.1) is 18.7 Å². The number of hydrogen-bond acceptors (Lipinski definition) is 3. The average Bonchev–Trinajstić information content (AvgIpc) is 2.48. The van der Waals surface area contributed by atoms with Gasteiger partial charge in [-0.3, -0.25) is 9.59 Å². The van der Waals surface area contributed by atoms with Crippen LogP contribution in [0.3, 0.4) is 0 Å². The highest BCUT2D eigenvalue weighted by Gasteiger charge is 2.10. The lowest BCUT2D eigenvalue weighted by molar-refractivity contribution is -0.142. The quantitative estimate of drug-likeness (QED) is 0.581. The van der Waals surface area contributed by atoms with Gasteiger partial charge in [0.15, 0.2) is 6.29 Å². The molecule has 0 aliphatic carbocycles. The van der Waals surface area contributed by atoms with E-state index in [-0.39, 0.29) is 12.4 Å². The summed E-state index contributed by atoms with van der Waals surface area (Å²) < 4.78 is 4.80. The molecule has 0 aliphatic heterocycles. The second-order valence-electron chi connectivity index (χ2n) is 2.95. The molecule has 4 nitrogen and oxygen atoms in total. The Morgan fingerprint density at radius 1 is 1.64 bits per heavy atom. The number of carbonyl (C=O) groups excluding carboxylic acids is 2. The molecule has 4 heteroatoms. The fourth-order valence-corrected chi connectivity index (χ4v) is 1.23. The lowest BCUT2D eigenvalue weighted by Crippen LogP contribution is -2.07. The SMILES string of the molecule is CCOC(=O)Cc1c[nH]c(C=O)c1C. The number of hydrogen-bond donors (Lipinski definition) is 1. The van der Waals surface area contributed by atoms with Gasteiger partial charge in [0.25, 0.3) is 0 Å². The van der Waals surface area contributed by atoms with Crippen molar-refractivity contribution in [2.75, 3.05) is 6.61 Å². The summed E-state index contributed by atoms with van der Waals surface area (Å²) in [7, 11) is 0. The summed E-state index contributed by atoms with van der Waals surface area (Å²) >= 11 is 0. The minimum absolute atomic E-state index is 0.212. The molecule has 0 atom stereocenters. The van der Waals surface area contributed by atoms with Crippen molar-refractivity contribution in [3.63, 3.8) is 0 Å². The molecule has 0 aromatic carbocycles. The molecule has 1 heterocycles. The van der Waals surface area contributed by atoms with Gasteiger partial charge in [0.1, 0.15) is 0 Å². The second-order valence-corrected chi connectivity index (χ2v) is 2.95. The standard InChI is InChI=1S/C10H13NO3/c1-3-14-10(13)4-8-5-11-9(6-12)7(8)2/h5-6,11H,3-4H2,1-2H3. The number of aromatic amines is 1. The summed E-state index contributed by atoms with van der Waals surface area (Å²) in [6, 6.07) is 0. The van der Waals surface area contributed by atoms with E-state index in [4.69, 9.17) is 4.74 Å². The molecule has 0 saturated carbocycles. The summed E-state index contributed by atoms with van der Waals surface area (Å²) in [5.74, 6) is -0.271. The van der Waals surface area contributed by atoms with Crippen LogP contribution in [0.15, 0.2) is 6.20 Å². The molecule has 1 N–H and O–H groups in total. The van der Waals surface area contributed by atoms with E-state index in [9.17, 15) is 9.59 Å². The van der Waals surface area contributed by atoms with E-state index in [1.165, 1.54) is 0 Å². The van der Waals surface area contributed by atoms with E-state index in [1.54, 1.807) is 20.0 Å². The lowest BCUT2D eigenvalue weighted by atomic mass is 10.1. The Bertz CT molecular complexity index is 341. The molecule has 0 amide bonds. The Kier molecular flexibility index (Phi) is 3.45. The maximum atomic E-state index is 11.1. The highest BCUT2D eigenvalue weighted by atomic mass is 16.5. The van der Waals surface area contributed by atoms with Gasteiger partial charge in [0, 0.05) is 6.20 Å². The van der Waals surface area contributed by atoms with Gasteiger partial charge in [-0.05, 0) is 25.0 Å². The first kappa shape index (κ1) is 10.5. The smallest absolute Gasteiger partial charge is 0.310 e. The number of aldehydes is 1. The van der Waals surface area contributed by atoms with Gasteiger partial charge < -0.3 is 9.72 Å². The Morgan fingerprint density at radius 2 is 2.36 bits per heavy atom. The topological polar surface area (TPSA) is 59.2 Å². The first-order valence-corrected chi connectivity index (χ1v) is 4.46. The van der Waals surface area contributed by atoms with Crippen LogP contribution < -0.4 is 0 Å². The maximum absolute atomic E-state index is 11.1. The zero-order valence-corrected chi connectivity index (χ0v) is 8.29. The predicted octanol–water partition coefficient (Wildman–Crippen LogP) is 1.24. The van der Waals surface area contributed by atoms with E-state index in [0.29, 0.717) is 12.3 Å². The highest BCUT2D eigenvalue weighted by molar-refractivity contribution is 5.78. The van der Waals surface area contributed by atoms with Crippen molar-refractivity contribution in [3.05, 3.63) is 23.0 Å². The molecule has 0 spiro atoms. The Morgan fingerprint density at radius 3 is 2.86 bits per heavy atom. The van der Waals surface area contributed by atoms with Crippen LogP contribution in [0.4, 0.5) is 0 Å². The second kappa shape index (κ2) is 4.60. The Labute approximate surface area is 82.3 Å². The maximum Gasteiger partial charge on any atom is 0.310 e. The number of carbonyl (C=O) groups is 2. The molecule has 76 valence electrons. The van der Waals surface area contributed by atoms with E-state index in [2.05, 4.69) is 4.98 Å². The molecule has 0 bridgehead atoms. The van der Waals surface area contributed by atoms with Crippen LogP contribution in [0.5, 0.6) is 0 Å². The number of esters is 1. The van der Waals surface area contributed by atoms with Crippen LogP contribution in [0, 0.1) is 6.92 Å². The molecule has 1 aromatic heterocycles. The van der Waals surface area contributed by atoms with Gasteiger partial charge in [-0.2, -0.15) is 0 Å². The van der Waals surface area contributed by atoms with Crippen LogP contribution in [0.1, 0.15) is 28.5 Å². The molecular formula is C10H13NO3. The molecule has 1 rings (SSSR count). The van der Waals surface area contributed by atoms with Crippen LogP contribution in [-0.2, 0) is 16.0 Å². The monoisotopic (exact) mass is 195 g/mol. The van der Waals surface area contributed by atoms with Crippen molar-refractivity contribution < 1.29 is 14.3 Å². The molecule has 1 aromatic rings. The van der Waals surface area contributed by atoms with E-state index in [1.807, 2.05) is 0 Å². The summed E-state index contributed by atoms with van der Waals surface area (Å²) in [4.78, 5) is 24.4. The number of ether oxygens (including phenoxy) is 1. The number of nitrogens with one attached hydrogen (secondary N) is 1. The summed E-state index contributed by atoms with van der Waals surface area (Å²) in [5.41, 5.74) is 2.14. The summed E-state index contributed by atoms with van der Waals surface area (Å²) in [6.45, 7) is 3.94. The third-order valence-electron chi connectivity index (χ3n) is 2.05. The van der Waals surface area contributed by atoms with Crippen LogP contribution in [-0.4, -0.2) is 23.8 Å². The van der Waals surface area contributed by atoms with Crippen molar-refractivity contribution >= 4 is 12.3 Å². The van der Waals surface area contributed by atoms with Crippen molar-refractivity contribution in [3.8, 4) is 0 Å². The average molecular weight is 195 g/mol. The van der Waals surface area contributed by atoms with Gasteiger partial charge >= 0.3 is 5.97 Å². The molecule has 0 unspecified atom stereocenters. The number of H-pyrrole nitrogens is 1. The minimum Gasteiger partial charge on any atom is -0.466 e. The van der Waals surface area contributed by atoms with Crippen molar-refractivity contribution in [1.29, 1.82) is 0 Å². The highest BCUT2D eigenvalue weighted by Crippen LogP contribution is 2.12. The molecule has 0 radical (unpaired) electrons. The van der Waals surface area contributed by atoms with Crippen LogP contribution in [0.2, 0.25) is 0 Å². The third kappa shape index (κ3) is 2.22. The molecule has 14 heavy (non-hydrogen) atoms. The fourth-order valence-electron chi connectivity index (χ4n) is 1.23. The van der Waals surface area contributed by atoms with Gasteiger partial charge in [0.2, 0.25) is 0 Å². The van der Waals surface area contributed by atoms with E-state index in [0.717, 1.165) is 17.4 Å². The lowest BCUT2D eigenvalue weighted by Gasteiger charge is -2.00. The van der Waals surface area contributed by atoms with Crippen LogP contribution >= 0.6 is 0 Å². The third-order valence-corrected chi connectivity index (χ3v) is 2.05. The first-order valence-electron chi connectivity index (χ1n) is 4.46. The van der Waals surface area contributed by atoms with Gasteiger partial charge in [-0.25, -0.2) is 0 Å². The molecule has 0 saturated heterocycles. The summed E-state index contributed by atoms with van der Waals surface area (Å²) in [6.07, 6.45) is 2.62. The first-order chi connectivity index (χ1) is 6.69. The minimum atomic E-state index is -0.271. The number of rotatable bonds is 4. The number of aromatic nitrogens is 1. The zero-order chi connectivity index (χ0) is 10.6. The summed E-state index contributed by atoms with van der Waals surface area (Å²) in [5, 5.41) is 0. The molecular weight excluding hydrogens is 182 g/mol. The Hall–Kier alpha value is -1.58. The van der Waals surface area contributed by atoms with Crippen LogP contribution in [0.25, 0.3) is 0 Å². The van der Waals surface area contributed by atoms with E-state index < -0.39 is 0 Å². The van der Waals surface area contributed by atoms with Gasteiger partial charge in [-0.1, -0.05) is 0 Å². The fraction of sp³-hybridized carbons (Fsp3) is 0.400. The van der Waals surface area contributed by atoms with Crippen molar-refractivity contribution in [2.45, 2.75) is 20.3 Å².